The van der Waals surface area contributed by atoms with Crippen LogP contribution in [0.15, 0.2) is 48.5 Å². The van der Waals surface area contributed by atoms with E-state index in [4.69, 9.17) is 10.5 Å². The highest BCUT2D eigenvalue weighted by molar-refractivity contribution is 5.41. The zero-order chi connectivity index (χ0) is 13.5. The molecule has 0 fully saturated rings. The Morgan fingerprint density at radius 1 is 1.05 bits per heavy atom. The van der Waals surface area contributed by atoms with E-state index in [-0.39, 0.29) is 5.82 Å². The lowest BCUT2D eigenvalue weighted by molar-refractivity contribution is 0.305. The third-order valence-electron chi connectivity index (χ3n) is 2.55. The molecule has 2 N–H and O–H groups in total. The van der Waals surface area contributed by atoms with Crippen molar-refractivity contribution < 1.29 is 9.13 Å². The molecule has 0 radical (unpaired) electrons. The van der Waals surface area contributed by atoms with E-state index in [2.05, 4.69) is 11.8 Å². The molecule has 0 aromatic heterocycles. The highest BCUT2D eigenvalue weighted by Gasteiger charge is 2.01. The maximum absolute atomic E-state index is 12.8. The van der Waals surface area contributed by atoms with Gasteiger partial charge in [0.1, 0.15) is 18.2 Å². The van der Waals surface area contributed by atoms with Crippen molar-refractivity contribution in [2.45, 2.75) is 6.61 Å². The first-order valence-electron chi connectivity index (χ1n) is 5.95. The van der Waals surface area contributed by atoms with Crippen LogP contribution >= 0.6 is 0 Å². The summed E-state index contributed by atoms with van der Waals surface area (Å²) in [5.74, 6) is 6.18. The van der Waals surface area contributed by atoms with Crippen LogP contribution in [0.25, 0.3) is 0 Å². The standard InChI is InChI=1S/C16H14FNO/c17-15-7-9-16(10-8-15)19-12-14-5-2-1-4-13(14)6-3-11-18/h1-2,4-5,7-10H,11-12,18H2. The van der Waals surface area contributed by atoms with E-state index in [1.165, 1.54) is 12.1 Å². The molecule has 0 spiro atoms. The monoisotopic (exact) mass is 255 g/mol. The molecule has 2 nitrogen and oxygen atoms in total. The number of rotatable bonds is 3. The summed E-state index contributed by atoms with van der Waals surface area (Å²) in [6, 6.07) is 13.7. The number of benzene rings is 2. The SMILES string of the molecule is NCC#Cc1ccccc1COc1ccc(F)cc1. The van der Waals surface area contributed by atoms with Gasteiger partial charge in [0, 0.05) is 11.1 Å². The van der Waals surface area contributed by atoms with Gasteiger partial charge in [-0.25, -0.2) is 4.39 Å². The van der Waals surface area contributed by atoms with Crippen molar-refractivity contribution in [2.75, 3.05) is 6.54 Å². The predicted molar refractivity (Wildman–Crippen MR) is 73.1 cm³/mol. The average molecular weight is 255 g/mol. The number of halogens is 1. The molecule has 0 unspecified atom stereocenters. The number of hydrogen-bond donors (Lipinski definition) is 1. The molecule has 0 aliphatic heterocycles. The van der Waals surface area contributed by atoms with Gasteiger partial charge in [0.25, 0.3) is 0 Å². The molecular formula is C16H14FNO. The van der Waals surface area contributed by atoms with Gasteiger partial charge in [0.2, 0.25) is 0 Å². The fraction of sp³-hybridized carbons (Fsp3) is 0.125. The minimum atomic E-state index is -0.276. The van der Waals surface area contributed by atoms with Crippen molar-refractivity contribution in [2.24, 2.45) is 5.73 Å². The minimum absolute atomic E-state index is 0.276. The zero-order valence-electron chi connectivity index (χ0n) is 10.4. The van der Waals surface area contributed by atoms with Crippen LogP contribution in [0.1, 0.15) is 11.1 Å². The van der Waals surface area contributed by atoms with E-state index in [1.807, 2.05) is 24.3 Å². The van der Waals surface area contributed by atoms with Crippen molar-refractivity contribution in [3.8, 4) is 17.6 Å². The minimum Gasteiger partial charge on any atom is -0.489 e. The second-order valence-electron chi connectivity index (χ2n) is 3.91. The van der Waals surface area contributed by atoms with Gasteiger partial charge in [-0.3, -0.25) is 0 Å². The second-order valence-corrected chi connectivity index (χ2v) is 3.91. The van der Waals surface area contributed by atoms with Crippen molar-refractivity contribution in [1.29, 1.82) is 0 Å². The van der Waals surface area contributed by atoms with Crippen molar-refractivity contribution in [3.05, 3.63) is 65.5 Å². The van der Waals surface area contributed by atoms with Crippen molar-refractivity contribution in [3.63, 3.8) is 0 Å². The molecule has 3 heteroatoms. The van der Waals surface area contributed by atoms with Gasteiger partial charge in [0.05, 0.1) is 6.54 Å². The van der Waals surface area contributed by atoms with Crippen LogP contribution in [0, 0.1) is 17.7 Å². The van der Waals surface area contributed by atoms with Gasteiger partial charge in [-0.05, 0) is 30.3 Å². The van der Waals surface area contributed by atoms with Crippen LogP contribution in [0.4, 0.5) is 4.39 Å². The lowest BCUT2D eigenvalue weighted by Crippen LogP contribution is -1.99. The fourth-order valence-corrected chi connectivity index (χ4v) is 1.61. The van der Waals surface area contributed by atoms with E-state index in [0.29, 0.717) is 18.9 Å². The molecule has 0 heterocycles. The Bertz CT molecular complexity index is 596. The largest absolute Gasteiger partial charge is 0.489 e. The second kappa shape index (κ2) is 6.58. The summed E-state index contributed by atoms with van der Waals surface area (Å²) < 4.78 is 18.4. The van der Waals surface area contributed by atoms with Crippen LogP contribution < -0.4 is 10.5 Å². The lowest BCUT2D eigenvalue weighted by atomic mass is 10.1. The van der Waals surface area contributed by atoms with Crippen molar-refractivity contribution in [1.82, 2.24) is 0 Å². The Balaban J connectivity index is 2.09. The molecule has 0 aliphatic carbocycles. The molecule has 0 bridgehead atoms. The van der Waals surface area contributed by atoms with E-state index in [9.17, 15) is 4.39 Å². The highest BCUT2D eigenvalue weighted by Crippen LogP contribution is 2.15. The third-order valence-corrected chi connectivity index (χ3v) is 2.55. The van der Waals surface area contributed by atoms with Gasteiger partial charge in [-0.15, -0.1) is 0 Å². The van der Waals surface area contributed by atoms with E-state index < -0.39 is 0 Å². The molecule has 0 amide bonds. The van der Waals surface area contributed by atoms with E-state index in [1.54, 1.807) is 12.1 Å². The van der Waals surface area contributed by atoms with Gasteiger partial charge >= 0.3 is 0 Å². The lowest BCUT2D eigenvalue weighted by Gasteiger charge is -2.07. The molecule has 19 heavy (non-hydrogen) atoms. The van der Waals surface area contributed by atoms with Crippen LogP contribution in [-0.2, 0) is 6.61 Å². The highest BCUT2D eigenvalue weighted by atomic mass is 19.1. The number of hydrogen-bond acceptors (Lipinski definition) is 2. The first-order valence-corrected chi connectivity index (χ1v) is 5.95. The summed E-state index contributed by atoms with van der Waals surface area (Å²) in [6.07, 6.45) is 0. The quantitative estimate of drug-likeness (QED) is 0.856. The maximum Gasteiger partial charge on any atom is 0.123 e. The molecule has 2 aromatic rings. The van der Waals surface area contributed by atoms with E-state index in [0.717, 1.165) is 11.1 Å². The average Bonchev–Trinajstić information content (AvgIpc) is 2.45. The number of ether oxygens (including phenoxy) is 1. The van der Waals surface area contributed by atoms with Gasteiger partial charge in [0.15, 0.2) is 0 Å². The molecule has 0 aliphatic rings. The maximum atomic E-state index is 12.8. The summed E-state index contributed by atoms with van der Waals surface area (Å²) in [6.45, 7) is 0.716. The smallest absolute Gasteiger partial charge is 0.123 e. The predicted octanol–water partition coefficient (Wildman–Crippen LogP) is 2.71. The first kappa shape index (κ1) is 13.1. The normalized spacial score (nSPS) is 9.58. The van der Waals surface area contributed by atoms with Crippen LogP contribution in [0.2, 0.25) is 0 Å². The Morgan fingerprint density at radius 2 is 1.79 bits per heavy atom. The molecule has 0 saturated carbocycles. The molecule has 0 saturated heterocycles. The Morgan fingerprint density at radius 3 is 2.53 bits per heavy atom. The van der Waals surface area contributed by atoms with Gasteiger partial charge < -0.3 is 10.5 Å². The Kier molecular flexibility index (Phi) is 4.54. The summed E-state index contributed by atoms with van der Waals surface area (Å²) in [4.78, 5) is 0. The summed E-state index contributed by atoms with van der Waals surface area (Å²) in [7, 11) is 0. The first-order chi connectivity index (χ1) is 9.29. The molecule has 0 atom stereocenters. The zero-order valence-corrected chi connectivity index (χ0v) is 10.4. The molecular weight excluding hydrogens is 241 g/mol. The van der Waals surface area contributed by atoms with Crippen LogP contribution in [0.3, 0.4) is 0 Å². The topological polar surface area (TPSA) is 35.2 Å². The molecule has 2 rings (SSSR count). The third kappa shape index (κ3) is 3.84. The summed E-state index contributed by atoms with van der Waals surface area (Å²) >= 11 is 0. The van der Waals surface area contributed by atoms with Crippen LogP contribution in [-0.4, -0.2) is 6.54 Å². The van der Waals surface area contributed by atoms with Gasteiger partial charge in [-0.1, -0.05) is 30.0 Å². The van der Waals surface area contributed by atoms with Gasteiger partial charge in [-0.2, -0.15) is 0 Å². The number of nitrogens with two attached hydrogens (primary N) is 1. The molecule has 96 valence electrons. The summed E-state index contributed by atoms with van der Waals surface area (Å²) in [5.41, 5.74) is 7.24. The van der Waals surface area contributed by atoms with Crippen molar-refractivity contribution >= 4 is 0 Å². The fourth-order valence-electron chi connectivity index (χ4n) is 1.61. The molecule has 2 aromatic carbocycles. The van der Waals surface area contributed by atoms with E-state index >= 15 is 0 Å². The Labute approximate surface area is 112 Å². The summed E-state index contributed by atoms with van der Waals surface area (Å²) in [5, 5.41) is 0. The Hall–Kier alpha value is -2.31. The van der Waals surface area contributed by atoms with Crippen LogP contribution in [0.5, 0.6) is 5.75 Å².